The Labute approximate surface area is 178 Å². The molecule has 3 N–H and O–H groups in total. The third-order valence-electron chi connectivity index (χ3n) is 5.39. The van der Waals surface area contributed by atoms with Gasteiger partial charge in [-0.25, -0.2) is 4.79 Å². The minimum absolute atomic E-state index is 0.0175. The molecule has 0 bridgehead atoms. The molecule has 1 aromatic carbocycles. The average molecular weight is 422 g/mol. The van der Waals surface area contributed by atoms with E-state index in [0.717, 1.165) is 16.6 Å². The zero-order chi connectivity index (χ0) is 22.1. The number of nitrogens with two attached hydrogens (primary N) is 1. The number of aromatic nitrogens is 1. The Kier molecular flexibility index (Phi) is 5.33. The van der Waals surface area contributed by atoms with Crippen LogP contribution in [0.25, 0.3) is 11.0 Å². The molecule has 1 unspecified atom stereocenters. The number of nitrogens with zero attached hydrogens (tertiary/aromatic N) is 2. The number of furan rings is 1. The Balaban J connectivity index is 1.67. The lowest BCUT2D eigenvalue weighted by atomic mass is 10.0. The van der Waals surface area contributed by atoms with Gasteiger partial charge >= 0.3 is 6.03 Å². The van der Waals surface area contributed by atoms with E-state index >= 15 is 0 Å². The van der Waals surface area contributed by atoms with E-state index in [-0.39, 0.29) is 12.5 Å². The van der Waals surface area contributed by atoms with Gasteiger partial charge in [0.1, 0.15) is 23.0 Å². The molecule has 0 spiro atoms. The molecular formula is C22H22N4O5. The molecule has 160 valence electrons. The highest BCUT2D eigenvalue weighted by atomic mass is 16.5. The number of amides is 4. The number of ether oxygens (including phenoxy) is 1. The summed E-state index contributed by atoms with van der Waals surface area (Å²) in [6, 6.07) is 7.77. The van der Waals surface area contributed by atoms with E-state index in [0.29, 0.717) is 35.6 Å². The first-order valence-corrected chi connectivity index (χ1v) is 9.85. The average Bonchev–Trinajstić information content (AvgIpc) is 3.32. The van der Waals surface area contributed by atoms with E-state index in [1.807, 2.05) is 13.0 Å². The number of hydrogen-bond donors (Lipinski definition) is 2. The van der Waals surface area contributed by atoms with Crippen molar-refractivity contribution in [3.8, 4) is 5.75 Å². The molecular weight excluding hydrogens is 400 g/mol. The van der Waals surface area contributed by atoms with Crippen LogP contribution in [0.5, 0.6) is 5.75 Å². The lowest BCUT2D eigenvalue weighted by Crippen LogP contribution is -2.42. The van der Waals surface area contributed by atoms with Gasteiger partial charge in [0.25, 0.3) is 5.91 Å². The van der Waals surface area contributed by atoms with Crippen molar-refractivity contribution in [1.82, 2.24) is 15.2 Å². The van der Waals surface area contributed by atoms with Gasteiger partial charge in [-0.3, -0.25) is 19.9 Å². The maximum Gasteiger partial charge on any atom is 0.318 e. The summed E-state index contributed by atoms with van der Waals surface area (Å²) >= 11 is 0. The highest BCUT2D eigenvalue weighted by molar-refractivity contribution is 6.00. The summed E-state index contributed by atoms with van der Waals surface area (Å²) in [6.07, 6.45) is 2.33. The van der Waals surface area contributed by atoms with Crippen molar-refractivity contribution in [1.29, 1.82) is 0 Å². The monoisotopic (exact) mass is 422 g/mol. The lowest BCUT2D eigenvalue weighted by molar-refractivity contribution is -0.122. The molecule has 3 heterocycles. The van der Waals surface area contributed by atoms with Crippen molar-refractivity contribution in [3.05, 3.63) is 59.1 Å². The van der Waals surface area contributed by atoms with Gasteiger partial charge in [0.2, 0.25) is 5.91 Å². The van der Waals surface area contributed by atoms with Crippen molar-refractivity contribution in [2.24, 2.45) is 5.73 Å². The van der Waals surface area contributed by atoms with Crippen molar-refractivity contribution in [2.75, 3.05) is 13.7 Å². The molecule has 2 aromatic heterocycles. The van der Waals surface area contributed by atoms with E-state index in [1.165, 1.54) is 7.11 Å². The van der Waals surface area contributed by atoms with Crippen LogP contribution in [0, 0.1) is 0 Å². The SMILES string of the molecule is CCc1nccc2oc(C(CN3Cc4ccc(OC)cc4C3=O)C(=O)NC(N)=O)cc12. The van der Waals surface area contributed by atoms with Gasteiger partial charge in [-0.1, -0.05) is 13.0 Å². The fourth-order valence-electron chi connectivity index (χ4n) is 3.84. The molecule has 0 saturated heterocycles. The standard InChI is InChI=1S/C22H22N4O5/c1-3-17-15-9-19(31-18(15)6-7-24-17)16(20(27)25-22(23)29)11-26-10-12-4-5-13(30-2)8-14(12)21(26)28/h4-9,16H,3,10-11H2,1-2H3,(H3,23,25,27,29). The van der Waals surface area contributed by atoms with Crippen LogP contribution in [-0.4, -0.2) is 41.4 Å². The minimum Gasteiger partial charge on any atom is -0.497 e. The van der Waals surface area contributed by atoms with Crippen molar-refractivity contribution >= 4 is 28.8 Å². The van der Waals surface area contributed by atoms with Crippen LogP contribution in [0.4, 0.5) is 4.79 Å². The first-order valence-electron chi connectivity index (χ1n) is 9.85. The van der Waals surface area contributed by atoms with Crippen LogP contribution in [0.1, 0.15) is 40.2 Å². The van der Waals surface area contributed by atoms with Crippen molar-refractivity contribution in [2.45, 2.75) is 25.8 Å². The number of fused-ring (bicyclic) bond motifs is 2. The number of aryl methyl sites for hydroxylation is 1. The van der Waals surface area contributed by atoms with E-state index < -0.39 is 17.9 Å². The zero-order valence-electron chi connectivity index (χ0n) is 17.2. The van der Waals surface area contributed by atoms with Gasteiger partial charge in [-0.15, -0.1) is 0 Å². The second-order valence-electron chi connectivity index (χ2n) is 7.29. The molecule has 0 fully saturated rings. The van der Waals surface area contributed by atoms with E-state index in [9.17, 15) is 14.4 Å². The Bertz CT molecular complexity index is 1190. The maximum absolute atomic E-state index is 13.0. The summed E-state index contributed by atoms with van der Waals surface area (Å²) in [7, 11) is 1.53. The quantitative estimate of drug-likeness (QED) is 0.628. The highest BCUT2D eigenvalue weighted by Crippen LogP contribution is 2.32. The topological polar surface area (TPSA) is 128 Å². The molecule has 4 rings (SSSR count). The Hall–Kier alpha value is -3.88. The summed E-state index contributed by atoms with van der Waals surface area (Å²) in [5.41, 5.74) is 7.93. The predicted molar refractivity (Wildman–Crippen MR) is 112 cm³/mol. The Morgan fingerprint density at radius 1 is 1.32 bits per heavy atom. The van der Waals surface area contributed by atoms with Gasteiger partial charge in [0.15, 0.2) is 0 Å². The lowest BCUT2D eigenvalue weighted by Gasteiger charge is -2.21. The normalized spacial score (nSPS) is 13.9. The zero-order valence-corrected chi connectivity index (χ0v) is 17.2. The predicted octanol–water partition coefficient (Wildman–Crippen LogP) is 2.33. The van der Waals surface area contributed by atoms with Gasteiger partial charge in [0.05, 0.1) is 12.8 Å². The van der Waals surface area contributed by atoms with Crippen LogP contribution in [0.3, 0.4) is 0 Å². The fourth-order valence-corrected chi connectivity index (χ4v) is 3.84. The second-order valence-corrected chi connectivity index (χ2v) is 7.29. The number of rotatable bonds is 6. The minimum atomic E-state index is -0.970. The van der Waals surface area contributed by atoms with Gasteiger partial charge in [-0.05, 0) is 36.2 Å². The number of methoxy groups -OCH3 is 1. The molecule has 0 radical (unpaired) electrons. The molecule has 0 saturated carbocycles. The van der Waals surface area contributed by atoms with E-state index in [2.05, 4.69) is 10.3 Å². The van der Waals surface area contributed by atoms with Gasteiger partial charge in [0, 0.05) is 30.2 Å². The third-order valence-corrected chi connectivity index (χ3v) is 5.39. The summed E-state index contributed by atoms with van der Waals surface area (Å²) < 4.78 is 11.1. The number of benzene rings is 1. The number of nitrogens with one attached hydrogen (secondary N) is 1. The molecule has 31 heavy (non-hydrogen) atoms. The van der Waals surface area contributed by atoms with E-state index in [1.54, 1.807) is 35.4 Å². The van der Waals surface area contributed by atoms with Crippen molar-refractivity contribution < 1.29 is 23.5 Å². The molecule has 9 nitrogen and oxygen atoms in total. The Morgan fingerprint density at radius 2 is 2.13 bits per heavy atom. The number of hydrogen-bond acceptors (Lipinski definition) is 6. The first kappa shape index (κ1) is 20.4. The number of imide groups is 1. The number of pyridine rings is 1. The summed E-state index contributed by atoms with van der Waals surface area (Å²) in [5, 5.41) is 2.90. The third kappa shape index (κ3) is 3.81. The molecule has 0 aliphatic carbocycles. The molecule has 1 atom stereocenters. The second kappa shape index (κ2) is 8.10. The van der Waals surface area contributed by atoms with Crippen LogP contribution in [-0.2, 0) is 17.8 Å². The molecule has 9 heteroatoms. The highest BCUT2D eigenvalue weighted by Gasteiger charge is 2.34. The Morgan fingerprint density at radius 3 is 2.84 bits per heavy atom. The summed E-state index contributed by atoms with van der Waals surface area (Å²) in [5.74, 6) is -0.881. The molecule has 3 aromatic rings. The number of carbonyl (C=O) groups excluding carboxylic acids is 3. The van der Waals surface area contributed by atoms with Crippen LogP contribution in [0.2, 0.25) is 0 Å². The maximum atomic E-state index is 13.0. The number of urea groups is 1. The largest absolute Gasteiger partial charge is 0.497 e. The van der Waals surface area contributed by atoms with Crippen LogP contribution < -0.4 is 15.8 Å². The fraction of sp³-hybridized carbons (Fsp3) is 0.273. The summed E-state index contributed by atoms with van der Waals surface area (Å²) in [4.78, 5) is 43.0. The summed E-state index contributed by atoms with van der Waals surface area (Å²) in [6.45, 7) is 2.32. The smallest absolute Gasteiger partial charge is 0.318 e. The first-order chi connectivity index (χ1) is 14.9. The van der Waals surface area contributed by atoms with Crippen LogP contribution >= 0.6 is 0 Å². The van der Waals surface area contributed by atoms with Gasteiger partial charge < -0.3 is 19.8 Å². The molecule has 4 amide bonds. The number of primary amides is 1. The number of carbonyl (C=O) groups is 3. The van der Waals surface area contributed by atoms with E-state index in [4.69, 9.17) is 14.9 Å². The molecule has 1 aliphatic heterocycles. The van der Waals surface area contributed by atoms with Crippen LogP contribution in [0.15, 0.2) is 40.9 Å². The van der Waals surface area contributed by atoms with Crippen molar-refractivity contribution in [3.63, 3.8) is 0 Å². The van der Waals surface area contributed by atoms with Gasteiger partial charge in [-0.2, -0.15) is 0 Å². The molecule has 1 aliphatic rings.